The van der Waals surface area contributed by atoms with Crippen LogP contribution in [0.2, 0.25) is 0 Å². The van der Waals surface area contributed by atoms with Crippen LogP contribution in [0.1, 0.15) is 15.9 Å². The minimum atomic E-state index is -3.56. The largest absolute Gasteiger partial charge is 0.366 e. The van der Waals surface area contributed by atoms with Crippen LogP contribution in [0, 0.1) is 12.7 Å². The highest BCUT2D eigenvalue weighted by molar-refractivity contribution is 7.92. The van der Waals surface area contributed by atoms with Gasteiger partial charge in [0.2, 0.25) is 15.9 Å². The first-order valence-electron chi connectivity index (χ1n) is 4.28. The maximum Gasteiger partial charge on any atom is 0.248 e. The molecule has 0 aliphatic carbocycles. The second-order valence-corrected chi connectivity index (χ2v) is 5.14. The zero-order valence-electron chi connectivity index (χ0n) is 8.74. The zero-order valence-corrected chi connectivity index (χ0v) is 9.56. The summed E-state index contributed by atoms with van der Waals surface area (Å²) in [5.41, 5.74) is 5.10. The van der Waals surface area contributed by atoms with Crippen molar-refractivity contribution in [3.05, 3.63) is 29.1 Å². The Bertz CT molecular complexity index is 517. The van der Waals surface area contributed by atoms with Gasteiger partial charge in [-0.2, -0.15) is 0 Å². The van der Waals surface area contributed by atoms with E-state index in [1.165, 1.54) is 13.0 Å². The van der Waals surface area contributed by atoms with Crippen molar-refractivity contribution in [2.75, 3.05) is 11.0 Å². The number of rotatable bonds is 3. The van der Waals surface area contributed by atoms with Crippen LogP contribution in [0.25, 0.3) is 0 Å². The SMILES string of the molecule is Cc1cc(C(N)=O)cc(F)c1NS(C)(=O)=O. The maximum absolute atomic E-state index is 13.5. The molecule has 5 nitrogen and oxygen atoms in total. The molecule has 0 saturated carbocycles. The summed E-state index contributed by atoms with van der Waals surface area (Å²) in [5, 5.41) is 0. The Labute approximate surface area is 92.5 Å². The van der Waals surface area contributed by atoms with Crippen LogP contribution in [0.3, 0.4) is 0 Å². The first-order chi connectivity index (χ1) is 7.20. The number of amides is 1. The van der Waals surface area contributed by atoms with Gasteiger partial charge in [0, 0.05) is 5.56 Å². The number of carbonyl (C=O) groups is 1. The molecule has 0 aliphatic heterocycles. The monoisotopic (exact) mass is 246 g/mol. The average Bonchev–Trinajstić information content (AvgIpc) is 2.09. The first kappa shape index (κ1) is 12.4. The van der Waals surface area contributed by atoms with Crippen LogP contribution in [0.4, 0.5) is 10.1 Å². The highest BCUT2D eigenvalue weighted by Gasteiger charge is 2.13. The topological polar surface area (TPSA) is 89.3 Å². The number of sulfonamides is 1. The summed E-state index contributed by atoms with van der Waals surface area (Å²) in [6.07, 6.45) is 0.911. The molecule has 0 spiro atoms. The first-order valence-corrected chi connectivity index (χ1v) is 6.17. The average molecular weight is 246 g/mol. The van der Waals surface area contributed by atoms with Crippen molar-refractivity contribution < 1.29 is 17.6 Å². The van der Waals surface area contributed by atoms with Crippen LogP contribution in [-0.4, -0.2) is 20.6 Å². The highest BCUT2D eigenvalue weighted by atomic mass is 32.2. The van der Waals surface area contributed by atoms with E-state index in [1.54, 1.807) is 0 Å². The van der Waals surface area contributed by atoms with Crippen LogP contribution < -0.4 is 10.5 Å². The summed E-state index contributed by atoms with van der Waals surface area (Å²) >= 11 is 0. The lowest BCUT2D eigenvalue weighted by Crippen LogP contribution is -2.15. The second kappa shape index (κ2) is 4.09. The smallest absolute Gasteiger partial charge is 0.248 e. The van der Waals surface area contributed by atoms with Gasteiger partial charge in [-0.25, -0.2) is 12.8 Å². The minimum absolute atomic E-state index is 0.00551. The van der Waals surface area contributed by atoms with Crippen molar-refractivity contribution in [2.45, 2.75) is 6.92 Å². The molecular weight excluding hydrogens is 235 g/mol. The minimum Gasteiger partial charge on any atom is -0.366 e. The summed E-state index contributed by atoms with van der Waals surface area (Å²) in [6.45, 7) is 1.48. The van der Waals surface area contributed by atoms with Gasteiger partial charge in [0.15, 0.2) is 0 Å². The number of hydrogen-bond donors (Lipinski definition) is 2. The van der Waals surface area contributed by atoms with Gasteiger partial charge in [-0.15, -0.1) is 0 Å². The summed E-state index contributed by atoms with van der Waals surface area (Å²) in [4.78, 5) is 10.8. The highest BCUT2D eigenvalue weighted by Crippen LogP contribution is 2.22. The predicted octanol–water partition coefficient (Wildman–Crippen LogP) is 0.605. The number of hydrogen-bond acceptors (Lipinski definition) is 3. The van der Waals surface area contributed by atoms with Crippen molar-refractivity contribution >= 4 is 21.6 Å². The summed E-state index contributed by atoms with van der Waals surface area (Å²) in [7, 11) is -3.56. The molecule has 0 unspecified atom stereocenters. The van der Waals surface area contributed by atoms with Crippen molar-refractivity contribution in [1.82, 2.24) is 0 Å². The fourth-order valence-electron chi connectivity index (χ4n) is 1.20. The molecule has 0 aliphatic rings. The number of anilines is 1. The molecule has 0 radical (unpaired) electrons. The van der Waals surface area contributed by atoms with Crippen molar-refractivity contribution in [3.8, 4) is 0 Å². The molecule has 0 aromatic heterocycles. The Morgan fingerprint density at radius 2 is 2.00 bits per heavy atom. The van der Waals surface area contributed by atoms with E-state index in [0.29, 0.717) is 5.56 Å². The lowest BCUT2D eigenvalue weighted by atomic mass is 10.1. The Hall–Kier alpha value is -1.63. The molecule has 7 heteroatoms. The van der Waals surface area contributed by atoms with Gasteiger partial charge in [-0.1, -0.05) is 0 Å². The van der Waals surface area contributed by atoms with Crippen LogP contribution in [0.5, 0.6) is 0 Å². The quantitative estimate of drug-likeness (QED) is 0.818. The second-order valence-electron chi connectivity index (χ2n) is 3.39. The van der Waals surface area contributed by atoms with E-state index in [2.05, 4.69) is 0 Å². The normalized spacial score (nSPS) is 11.2. The van der Waals surface area contributed by atoms with Gasteiger partial charge < -0.3 is 5.73 Å². The molecule has 1 rings (SSSR count). The maximum atomic E-state index is 13.5. The zero-order chi connectivity index (χ0) is 12.5. The molecule has 1 aromatic rings. The fourth-order valence-corrected chi connectivity index (χ4v) is 1.83. The molecule has 88 valence electrons. The van der Waals surface area contributed by atoms with E-state index >= 15 is 0 Å². The third-order valence-corrected chi connectivity index (χ3v) is 2.43. The molecule has 0 heterocycles. The van der Waals surface area contributed by atoms with E-state index in [4.69, 9.17) is 5.73 Å². The molecular formula is C9H11FN2O3S. The molecule has 16 heavy (non-hydrogen) atoms. The lowest BCUT2D eigenvalue weighted by Gasteiger charge is -2.09. The molecule has 0 atom stereocenters. The summed E-state index contributed by atoms with van der Waals surface area (Å²) in [6, 6.07) is 2.21. The van der Waals surface area contributed by atoms with Gasteiger partial charge in [-0.05, 0) is 24.6 Å². The number of benzene rings is 1. The lowest BCUT2D eigenvalue weighted by molar-refractivity contribution is 0.1000. The molecule has 3 N–H and O–H groups in total. The van der Waals surface area contributed by atoms with Gasteiger partial charge in [0.25, 0.3) is 0 Å². The third kappa shape index (κ3) is 2.93. The standard InChI is InChI=1S/C9H11FN2O3S/c1-5-3-6(9(11)13)4-7(10)8(5)12-16(2,14)15/h3-4,12H,1-2H3,(H2,11,13). The van der Waals surface area contributed by atoms with Gasteiger partial charge in [0.1, 0.15) is 5.82 Å². The van der Waals surface area contributed by atoms with E-state index in [0.717, 1.165) is 12.3 Å². The third-order valence-electron chi connectivity index (χ3n) is 1.86. The van der Waals surface area contributed by atoms with E-state index in [-0.39, 0.29) is 11.3 Å². The molecule has 0 fully saturated rings. The number of primary amides is 1. The van der Waals surface area contributed by atoms with Crippen LogP contribution in [-0.2, 0) is 10.0 Å². The fraction of sp³-hybridized carbons (Fsp3) is 0.222. The van der Waals surface area contributed by atoms with E-state index in [9.17, 15) is 17.6 Å². The molecule has 0 bridgehead atoms. The Morgan fingerprint density at radius 1 is 1.44 bits per heavy atom. The van der Waals surface area contributed by atoms with Crippen molar-refractivity contribution in [2.24, 2.45) is 5.73 Å². The Kier molecular flexibility index (Phi) is 3.18. The molecule has 0 saturated heterocycles. The van der Waals surface area contributed by atoms with Crippen LogP contribution >= 0.6 is 0 Å². The number of aryl methyl sites for hydroxylation is 1. The number of nitrogens with one attached hydrogen (secondary N) is 1. The Morgan fingerprint density at radius 3 is 2.38 bits per heavy atom. The number of carbonyl (C=O) groups excluding carboxylic acids is 1. The molecule has 1 amide bonds. The summed E-state index contributed by atoms with van der Waals surface area (Å²) in [5.74, 6) is -1.60. The molecule has 1 aromatic carbocycles. The predicted molar refractivity (Wildman–Crippen MR) is 58.1 cm³/mol. The van der Waals surface area contributed by atoms with Gasteiger partial charge >= 0.3 is 0 Å². The van der Waals surface area contributed by atoms with Crippen LogP contribution in [0.15, 0.2) is 12.1 Å². The number of nitrogens with two attached hydrogens (primary N) is 1. The van der Waals surface area contributed by atoms with E-state index in [1.807, 2.05) is 4.72 Å². The Balaban J connectivity index is 3.28. The number of halogens is 1. The van der Waals surface area contributed by atoms with Crippen molar-refractivity contribution in [3.63, 3.8) is 0 Å². The van der Waals surface area contributed by atoms with E-state index < -0.39 is 21.7 Å². The van der Waals surface area contributed by atoms with Gasteiger partial charge in [-0.3, -0.25) is 9.52 Å². The van der Waals surface area contributed by atoms with Crippen molar-refractivity contribution in [1.29, 1.82) is 0 Å². The van der Waals surface area contributed by atoms with Gasteiger partial charge in [0.05, 0.1) is 11.9 Å². The summed E-state index contributed by atoms with van der Waals surface area (Å²) < 4.78 is 37.4.